The zero-order valence-electron chi connectivity index (χ0n) is 8.54. The van der Waals surface area contributed by atoms with Crippen molar-refractivity contribution >= 4 is 11.9 Å². The van der Waals surface area contributed by atoms with Gasteiger partial charge in [-0.1, -0.05) is 0 Å². The van der Waals surface area contributed by atoms with Crippen molar-refractivity contribution in [2.24, 2.45) is 0 Å². The van der Waals surface area contributed by atoms with Crippen molar-refractivity contribution in [3.05, 3.63) is 0 Å². The Balaban J connectivity index is 2.35. The first-order valence-corrected chi connectivity index (χ1v) is 4.94. The summed E-state index contributed by atoms with van der Waals surface area (Å²) in [5.41, 5.74) is -0.590. The van der Waals surface area contributed by atoms with Gasteiger partial charge in [-0.05, 0) is 19.9 Å². The fourth-order valence-corrected chi connectivity index (χ4v) is 2.27. The molecule has 0 aliphatic carbocycles. The van der Waals surface area contributed by atoms with Gasteiger partial charge in [-0.3, -0.25) is 9.69 Å². The summed E-state index contributed by atoms with van der Waals surface area (Å²) in [5, 5.41) is 3.14. The van der Waals surface area contributed by atoms with Gasteiger partial charge in [-0.2, -0.15) is 0 Å². The number of carbonyl (C=O) groups excluding carboxylic acids is 2. The second kappa shape index (κ2) is 2.95. The first-order valence-electron chi connectivity index (χ1n) is 4.94. The number of hydrogen-bond donors (Lipinski definition) is 1. The molecule has 14 heavy (non-hydrogen) atoms. The molecule has 0 saturated carbocycles. The number of nitrogens with zero attached hydrogens (tertiary/aromatic N) is 2. The van der Waals surface area contributed by atoms with Gasteiger partial charge >= 0.3 is 6.03 Å². The molecule has 0 bridgehead atoms. The van der Waals surface area contributed by atoms with Crippen LogP contribution in [-0.4, -0.2) is 54.0 Å². The molecule has 5 heteroatoms. The SMILES string of the molecule is CCN1C(=O)N(C)C2(CCNC2)C1=O. The van der Waals surface area contributed by atoms with Crippen molar-refractivity contribution < 1.29 is 9.59 Å². The second-order valence-corrected chi connectivity index (χ2v) is 3.85. The Labute approximate surface area is 83.0 Å². The minimum absolute atomic E-state index is 0.0440. The highest BCUT2D eigenvalue weighted by Crippen LogP contribution is 2.31. The monoisotopic (exact) mass is 197 g/mol. The van der Waals surface area contributed by atoms with Crippen LogP contribution in [0.5, 0.6) is 0 Å². The molecule has 1 spiro atoms. The van der Waals surface area contributed by atoms with E-state index >= 15 is 0 Å². The van der Waals surface area contributed by atoms with Gasteiger partial charge in [0.2, 0.25) is 0 Å². The van der Waals surface area contributed by atoms with E-state index in [1.54, 1.807) is 11.9 Å². The molecule has 0 aromatic carbocycles. The fourth-order valence-electron chi connectivity index (χ4n) is 2.27. The van der Waals surface area contributed by atoms with E-state index in [0.717, 1.165) is 13.0 Å². The molecular formula is C9H15N3O2. The summed E-state index contributed by atoms with van der Waals surface area (Å²) in [4.78, 5) is 26.6. The summed E-state index contributed by atoms with van der Waals surface area (Å²) in [6, 6.07) is -0.166. The van der Waals surface area contributed by atoms with E-state index in [4.69, 9.17) is 0 Å². The lowest BCUT2D eigenvalue weighted by atomic mass is 9.97. The number of nitrogens with one attached hydrogen (secondary N) is 1. The molecule has 2 heterocycles. The summed E-state index contributed by atoms with van der Waals surface area (Å²) in [6.07, 6.45) is 0.727. The number of hydrogen-bond acceptors (Lipinski definition) is 3. The zero-order valence-corrected chi connectivity index (χ0v) is 8.54. The molecular weight excluding hydrogens is 182 g/mol. The lowest BCUT2D eigenvalue weighted by Gasteiger charge is -2.26. The Morgan fingerprint density at radius 1 is 1.50 bits per heavy atom. The van der Waals surface area contributed by atoms with Crippen molar-refractivity contribution in [2.45, 2.75) is 18.9 Å². The summed E-state index contributed by atoms with van der Waals surface area (Å²) in [5.74, 6) is -0.0440. The molecule has 2 fully saturated rings. The highest BCUT2D eigenvalue weighted by molar-refractivity contribution is 6.07. The van der Waals surface area contributed by atoms with Crippen molar-refractivity contribution in [2.75, 3.05) is 26.7 Å². The molecule has 3 amide bonds. The van der Waals surface area contributed by atoms with Gasteiger partial charge in [0, 0.05) is 20.1 Å². The summed E-state index contributed by atoms with van der Waals surface area (Å²) in [7, 11) is 1.71. The van der Waals surface area contributed by atoms with Crippen LogP contribution in [0.3, 0.4) is 0 Å². The molecule has 5 nitrogen and oxygen atoms in total. The van der Waals surface area contributed by atoms with Crippen LogP contribution >= 0.6 is 0 Å². The number of imide groups is 1. The van der Waals surface area contributed by atoms with E-state index < -0.39 is 5.54 Å². The van der Waals surface area contributed by atoms with Crippen LogP contribution in [0.4, 0.5) is 4.79 Å². The number of rotatable bonds is 1. The summed E-state index contributed by atoms with van der Waals surface area (Å²) >= 11 is 0. The second-order valence-electron chi connectivity index (χ2n) is 3.85. The number of urea groups is 1. The molecule has 1 atom stereocenters. The molecule has 78 valence electrons. The first kappa shape index (κ1) is 9.45. The van der Waals surface area contributed by atoms with Crippen LogP contribution in [-0.2, 0) is 4.79 Å². The lowest BCUT2D eigenvalue weighted by molar-refractivity contribution is -0.132. The van der Waals surface area contributed by atoms with Crippen molar-refractivity contribution in [3.63, 3.8) is 0 Å². The molecule has 2 aliphatic heterocycles. The maximum absolute atomic E-state index is 12.0. The molecule has 0 aromatic heterocycles. The average Bonchev–Trinajstić information content (AvgIpc) is 2.72. The van der Waals surface area contributed by atoms with E-state index in [1.165, 1.54) is 4.90 Å². The Morgan fingerprint density at radius 3 is 2.64 bits per heavy atom. The van der Waals surface area contributed by atoms with E-state index in [0.29, 0.717) is 13.1 Å². The number of amides is 3. The maximum Gasteiger partial charge on any atom is 0.327 e. The van der Waals surface area contributed by atoms with E-state index in [2.05, 4.69) is 5.32 Å². The third-order valence-corrected chi connectivity index (χ3v) is 3.25. The van der Waals surface area contributed by atoms with Gasteiger partial charge in [-0.15, -0.1) is 0 Å². The normalized spacial score (nSPS) is 32.4. The third-order valence-electron chi connectivity index (χ3n) is 3.25. The van der Waals surface area contributed by atoms with Crippen LogP contribution in [0.15, 0.2) is 0 Å². The van der Waals surface area contributed by atoms with Crippen molar-refractivity contribution in [1.82, 2.24) is 15.1 Å². The predicted octanol–water partition coefficient (Wildman–Crippen LogP) is -0.368. The molecule has 1 unspecified atom stereocenters. The molecule has 0 radical (unpaired) electrons. The van der Waals surface area contributed by atoms with Crippen LogP contribution in [0.2, 0.25) is 0 Å². The first-order chi connectivity index (χ1) is 6.63. The van der Waals surface area contributed by atoms with Crippen LogP contribution in [0.1, 0.15) is 13.3 Å². The number of likely N-dealkylation sites (N-methyl/N-ethyl adjacent to an activating group) is 2. The maximum atomic E-state index is 12.0. The van der Waals surface area contributed by atoms with Gasteiger partial charge < -0.3 is 10.2 Å². The Hall–Kier alpha value is -1.10. The highest BCUT2D eigenvalue weighted by Gasteiger charge is 2.56. The molecule has 2 aliphatic rings. The van der Waals surface area contributed by atoms with Crippen LogP contribution in [0.25, 0.3) is 0 Å². The molecule has 2 rings (SSSR count). The lowest BCUT2D eigenvalue weighted by Crippen LogP contribution is -2.49. The van der Waals surface area contributed by atoms with Gasteiger partial charge in [0.05, 0.1) is 0 Å². The van der Waals surface area contributed by atoms with Gasteiger partial charge in [0.25, 0.3) is 5.91 Å². The quantitative estimate of drug-likeness (QED) is 0.584. The minimum atomic E-state index is -0.590. The number of carbonyl (C=O) groups is 2. The third kappa shape index (κ3) is 0.930. The topological polar surface area (TPSA) is 52.7 Å². The molecule has 1 N–H and O–H groups in total. The van der Waals surface area contributed by atoms with E-state index in [9.17, 15) is 9.59 Å². The molecule has 2 saturated heterocycles. The zero-order chi connectivity index (χ0) is 10.3. The van der Waals surface area contributed by atoms with Gasteiger partial charge in [0.1, 0.15) is 5.54 Å². The van der Waals surface area contributed by atoms with Gasteiger partial charge in [-0.25, -0.2) is 4.79 Å². The average molecular weight is 197 g/mol. The van der Waals surface area contributed by atoms with Gasteiger partial charge in [0.15, 0.2) is 0 Å². The fraction of sp³-hybridized carbons (Fsp3) is 0.778. The molecule has 0 aromatic rings. The Morgan fingerprint density at radius 2 is 2.21 bits per heavy atom. The highest BCUT2D eigenvalue weighted by atomic mass is 16.2. The Bertz CT molecular complexity index is 284. The van der Waals surface area contributed by atoms with Crippen LogP contribution < -0.4 is 5.32 Å². The van der Waals surface area contributed by atoms with Crippen molar-refractivity contribution in [1.29, 1.82) is 0 Å². The summed E-state index contributed by atoms with van der Waals surface area (Å²) in [6.45, 7) is 3.68. The largest absolute Gasteiger partial charge is 0.327 e. The predicted molar refractivity (Wildman–Crippen MR) is 50.8 cm³/mol. The van der Waals surface area contributed by atoms with Crippen LogP contribution in [0, 0.1) is 0 Å². The standard InChI is InChI=1S/C9H15N3O2/c1-3-12-7(13)9(4-5-10-6-9)11(2)8(12)14/h10H,3-6H2,1-2H3. The van der Waals surface area contributed by atoms with E-state index in [-0.39, 0.29) is 11.9 Å². The summed E-state index contributed by atoms with van der Waals surface area (Å²) < 4.78 is 0. The minimum Gasteiger partial charge on any atom is -0.314 e. The smallest absolute Gasteiger partial charge is 0.314 e. The van der Waals surface area contributed by atoms with E-state index in [1.807, 2.05) is 6.92 Å². The van der Waals surface area contributed by atoms with Crippen molar-refractivity contribution in [3.8, 4) is 0 Å². The Kier molecular flexibility index (Phi) is 1.99.